The fourth-order valence-corrected chi connectivity index (χ4v) is 2.41. The third kappa shape index (κ3) is 3.96. The van der Waals surface area contributed by atoms with Gasteiger partial charge in [0.05, 0.1) is 0 Å². The van der Waals surface area contributed by atoms with E-state index in [0.29, 0.717) is 5.39 Å². The highest BCUT2D eigenvalue weighted by Crippen LogP contribution is 2.43. The van der Waals surface area contributed by atoms with Crippen LogP contribution in [0.2, 0.25) is 0 Å². The fraction of sp³-hybridized carbons (Fsp3) is 0.167. The molecule has 8 heteroatoms. The van der Waals surface area contributed by atoms with Gasteiger partial charge in [0, 0.05) is 5.39 Å². The van der Waals surface area contributed by atoms with E-state index >= 15 is 0 Å². The van der Waals surface area contributed by atoms with Crippen LogP contribution >= 0.6 is 7.75 Å². The molecular weight excluding hydrogens is 294 g/mol. The Hall–Kier alpha value is -1.56. The van der Waals surface area contributed by atoms with Crippen LogP contribution < -0.4 is 10.0 Å². The van der Waals surface area contributed by atoms with Gasteiger partial charge in [0.1, 0.15) is 5.75 Å². The molecule has 0 aromatic heterocycles. The Morgan fingerprint density at radius 1 is 1.10 bits per heavy atom. The molecular formula is C12H11F3NO3P. The molecule has 0 radical (unpaired) electrons. The summed E-state index contributed by atoms with van der Waals surface area (Å²) in [4.78, 5) is 0. The van der Waals surface area contributed by atoms with Crippen molar-refractivity contribution < 1.29 is 26.8 Å². The largest absolute Gasteiger partial charge is 0.456 e. The molecule has 0 aliphatic heterocycles. The van der Waals surface area contributed by atoms with Crippen molar-refractivity contribution in [1.82, 2.24) is 0 Å². The zero-order chi connectivity index (χ0) is 14.8. The Balaban J connectivity index is 2.21. The lowest BCUT2D eigenvalue weighted by Gasteiger charge is -2.16. The normalized spacial score (nSPS) is 15.0. The van der Waals surface area contributed by atoms with E-state index in [1.54, 1.807) is 36.4 Å². The quantitative estimate of drug-likeness (QED) is 0.871. The van der Waals surface area contributed by atoms with Crippen LogP contribution in [-0.2, 0) is 9.09 Å². The average Bonchev–Trinajstić information content (AvgIpc) is 2.36. The summed E-state index contributed by atoms with van der Waals surface area (Å²) in [6.45, 7) is -1.73. The highest BCUT2D eigenvalue weighted by Gasteiger charge is 2.33. The lowest BCUT2D eigenvalue weighted by molar-refractivity contribution is -0.154. The van der Waals surface area contributed by atoms with Crippen molar-refractivity contribution in [2.75, 3.05) is 6.61 Å². The standard InChI is InChI=1S/C12H11F3NO3P/c13-12(14,15)8-18-20(16,17)19-11-7-3-5-9-4-1-2-6-10(9)11/h1-7H,8H2,(H2,16,17). The van der Waals surface area contributed by atoms with E-state index < -0.39 is 20.5 Å². The SMILES string of the molecule is NP(=O)(OCC(F)(F)F)Oc1cccc2ccccc12. The van der Waals surface area contributed by atoms with Crippen molar-refractivity contribution in [3.05, 3.63) is 42.5 Å². The molecule has 0 bridgehead atoms. The molecule has 0 heterocycles. The number of hydrogen-bond acceptors (Lipinski definition) is 3. The first kappa shape index (κ1) is 14.8. The molecule has 0 spiro atoms. The van der Waals surface area contributed by atoms with Gasteiger partial charge in [-0.2, -0.15) is 13.2 Å². The topological polar surface area (TPSA) is 61.6 Å². The summed E-state index contributed by atoms with van der Waals surface area (Å²) in [5.74, 6) is 0.108. The first-order chi connectivity index (χ1) is 9.27. The van der Waals surface area contributed by atoms with Crippen LogP contribution in [0.1, 0.15) is 0 Å². The zero-order valence-corrected chi connectivity index (χ0v) is 11.0. The summed E-state index contributed by atoms with van der Waals surface area (Å²) in [5.41, 5.74) is 5.16. The molecule has 2 rings (SSSR count). The summed E-state index contributed by atoms with van der Waals surface area (Å²) in [6, 6.07) is 11.8. The van der Waals surface area contributed by atoms with Crippen molar-refractivity contribution in [3.63, 3.8) is 0 Å². The Morgan fingerprint density at radius 2 is 1.75 bits per heavy atom. The van der Waals surface area contributed by atoms with E-state index in [0.717, 1.165) is 5.39 Å². The first-order valence-electron chi connectivity index (χ1n) is 5.54. The van der Waals surface area contributed by atoms with Crippen LogP contribution in [0.5, 0.6) is 5.75 Å². The summed E-state index contributed by atoms with van der Waals surface area (Å²) in [6.07, 6.45) is -4.63. The van der Waals surface area contributed by atoms with Gasteiger partial charge in [-0.3, -0.25) is 4.52 Å². The second-order valence-electron chi connectivity index (χ2n) is 4.00. The Morgan fingerprint density at radius 3 is 2.45 bits per heavy atom. The minimum Gasteiger partial charge on any atom is -0.413 e. The minimum absolute atomic E-state index is 0.108. The Kier molecular flexibility index (Phi) is 4.04. The highest BCUT2D eigenvalue weighted by molar-refractivity contribution is 7.51. The van der Waals surface area contributed by atoms with Gasteiger partial charge >= 0.3 is 13.9 Å². The Labute approximate surface area is 112 Å². The number of benzene rings is 2. The molecule has 0 aliphatic rings. The van der Waals surface area contributed by atoms with Crippen molar-refractivity contribution in [1.29, 1.82) is 0 Å². The Bertz CT molecular complexity index is 654. The van der Waals surface area contributed by atoms with Crippen LogP contribution in [0.15, 0.2) is 42.5 Å². The smallest absolute Gasteiger partial charge is 0.413 e. The second kappa shape index (κ2) is 5.44. The van der Waals surface area contributed by atoms with Crippen molar-refractivity contribution in [3.8, 4) is 5.75 Å². The molecule has 0 saturated carbocycles. The lowest BCUT2D eigenvalue weighted by atomic mass is 10.1. The maximum Gasteiger partial charge on any atom is 0.456 e. The summed E-state index contributed by atoms with van der Waals surface area (Å²) >= 11 is 0. The fourth-order valence-electron chi connectivity index (χ4n) is 1.60. The van der Waals surface area contributed by atoms with Gasteiger partial charge in [-0.15, -0.1) is 0 Å². The first-order valence-corrected chi connectivity index (χ1v) is 7.15. The highest BCUT2D eigenvalue weighted by atomic mass is 31.2. The van der Waals surface area contributed by atoms with Crippen LogP contribution in [0, 0.1) is 0 Å². The van der Waals surface area contributed by atoms with Gasteiger partial charge in [-0.05, 0) is 11.5 Å². The van der Waals surface area contributed by atoms with Gasteiger partial charge < -0.3 is 4.52 Å². The summed E-state index contributed by atoms with van der Waals surface area (Å²) in [7, 11) is -4.34. The van der Waals surface area contributed by atoms with Crippen LogP contribution in [0.3, 0.4) is 0 Å². The zero-order valence-electron chi connectivity index (χ0n) is 10.1. The monoisotopic (exact) mass is 305 g/mol. The van der Waals surface area contributed by atoms with Gasteiger partial charge in [-0.25, -0.2) is 10.1 Å². The summed E-state index contributed by atoms with van der Waals surface area (Å²) in [5, 5.41) is 1.36. The van der Waals surface area contributed by atoms with Crippen LogP contribution in [-0.4, -0.2) is 12.8 Å². The van der Waals surface area contributed by atoms with Gasteiger partial charge in [0.15, 0.2) is 6.61 Å². The maximum absolute atomic E-state index is 12.0. The predicted octanol–water partition coefficient (Wildman–Crippen LogP) is 3.86. The molecule has 4 nitrogen and oxygen atoms in total. The molecule has 0 saturated heterocycles. The number of halogens is 3. The molecule has 0 fully saturated rings. The van der Waals surface area contributed by atoms with Crippen molar-refractivity contribution in [2.45, 2.75) is 6.18 Å². The predicted molar refractivity (Wildman–Crippen MR) is 68.4 cm³/mol. The lowest BCUT2D eigenvalue weighted by Crippen LogP contribution is -2.19. The second-order valence-corrected chi connectivity index (χ2v) is 5.52. The molecule has 1 unspecified atom stereocenters. The molecule has 2 aromatic carbocycles. The molecule has 20 heavy (non-hydrogen) atoms. The number of nitrogens with two attached hydrogens (primary N) is 1. The van der Waals surface area contributed by atoms with Crippen molar-refractivity contribution in [2.24, 2.45) is 5.50 Å². The molecule has 108 valence electrons. The number of fused-ring (bicyclic) bond motifs is 1. The molecule has 0 aliphatic carbocycles. The van der Waals surface area contributed by atoms with Crippen LogP contribution in [0.25, 0.3) is 10.8 Å². The van der Waals surface area contributed by atoms with E-state index in [2.05, 4.69) is 4.52 Å². The van der Waals surface area contributed by atoms with Crippen LogP contribution in [0.4, 0.5) is 13.2 Å². The van der Waals surface area contributed by atoms with Gasteiger partial charge in [0.25, 0.3) is 0 Å². The molecule has 0 amide bonds. The molecule has 2 N–H and O–H groups in total. The third-order valence-corrected chi connectivity index (χ3v) is 3.32. The number of rotatable bonds is 4. The summed E-state index contributed by atoms with van der Waals surface area (Å²) < 4.78 is 56.8. The van der Waals surface area contributed by atoms with E-state index in [1.165, 1.54) is 6.07 Å². The number of alkyl halides is 3. The van der Waals surface area contributed by atoms with E-state index in [9.17, 15) is 17.7 Å². The minimum atomic E-state index is -4.63. The van der Waals surface area contributed by atoms with Gasteiger partial charge in [0.2, 0.25) is 0 Å². The molecule has 1 atom stereocenters. The molecule has 2 aromatic rings. The van der Waals surface area contributed by atoms with Gasteiger partial charge in [-0.1, -0.05) is 36.4 Å². The van der Waals surface area contributed by atoms with E-state index in [4.69, 9.17) is 10.0 Å². The number of hydrogen-bond donors (Lipinski definition) is 1. The average molecular weight is 305 g/mol. The van der Waals surface area contributed by atoms with Crippen molar-refractivity contribution >= 4 is 18.5 Å². The van der Waals surface area contributed by atoms with E-state index in [-0.39, 0.29) is 5.75 Å². The third-order valence-electron chi connectivity index (χ3n) is 2.38. The van der Waals surface area contributed by atoms with E-state index in [1.807, 2.05) is 0 Å². The maximum atomic E-state index is 12.0.